The number of nitrogens with zero attached hydrogens (tertiary/aromatic N) is 2. The summed E-state index contributed by atoms with van der Waals surface area (Å²) in [6.07, 6.45) is 0.660. The van der Waals surface area contributed by atoms with Gasteiger partial charge in [0.05, 0.1) is 23.1 Å². The Bertz CT molecular complexity index is 1240. The Balaban J connectivity index is 1.45. The number of piperidine rings is 2. The number of hydrogen-bond donors (Lipinski definition) is 3. The number of halogens is 2. The molecule has 4 aliphatic rings. The maximum absolute atomic E-state index is 15.0. The number of aryl methyl sites for hydroxylation is 1. The van der Waals surface area contributed by atoms with E-state index in [9.17, 15) is 28.4 Å². The fourth-order valence-corrected chi connectivity index (χ4v) is 5.97. The van der Waals surface area contributed by atoms with Crippen molar-refractivity contribution in [3.05, 3.63) is 35.5 Å². The zero-order valence-corrected chi connectivity index (χ0v) is 19.3. The minimum atomic E-state index is -3.09. The molecular weight excluding hydrogens is 456 g/mol. The third kappa shape index (κ3) is 4.03. The van der Waals surface area contributed by atoms with Crippen LogP contribution in [-0.2, 0) is 9.59 Å². The van der Waals surface area contributed by atoms with Crippen LogP contribution in [-0.4, -0.2) is 58.2 Å². The molecule has 1 aromatic heterocycles. The van der Waals surface area contributed by atoms with Gasteiger partial charge in [-0.3, -0.25) is 14.4 Å². The molecule has 3 aliphatic heterocycles. The zero-order chi connectivity index (χ0) is 24.9. The summed E-state index contributed by atoms with van der Waals surface area (Å²) in [4.78, 5) is 43.6. The van der Waals surface area contributed by atoms with Crippen molar-refractivity contribution in [2.24, 2.45) is 11.8 Å². The molecule has 35 heavy (non-hydrogen) atoms. The molecule has 1 aliphatic carbocycles. The van der Waals surface area contributed by atoms with E-state index in [1.54, 1.807) is 12.1 Å². The molecule has 3 amide bonds. The normalized spacial score (nSPS) is 27.9. The van der Waals surface area contributed by atoms with Gasteiger partial charge in [-0.25, -0.2) is 8.78 Å². The predicted octanol–water partition coefficient (Wildman–Crippen LogP) is 2.64. The lowest BCUT2D eigenvalue weighted by Crippen LogP contribution is -2.68. The molecule has 6 rings (SSSR count). The van der Waals surface area contributed by atoms with E-state index in [-0.39, 0.29) is 18.7 Å². The molecule has 3 saturated heterocycles. The molecular formula is C25H27F2N5O3. The van der Waals surface area contributed by atoms with Gasteiger partial charge in [-0.05, 0) is 44.7 Å². The molecule has 4 fully saturated rings. The number of alkyl halides is 2. The number of H-pyrrole nitrogens is 1. The summed E-state index contributed by atoms with van der Waals surface area (Å²) in [5, 5.41) is 15.7. The Labute approximate surface area is 201 Å². The number of fused-ring (bicyclic) bond motifs is 4. The molecule has 8 nitrogen and oxygen atoms in total. The Morgan fingerprint density at radius 2 is 2.11 bits per heavy atom. The van der Waals surface area contributed by atoms with Gasteiger partial charge in [-0.1, -0.05) is 12.1 Å². The van der Waals surface area contributed by atoms with E-state index in [0.717, 1.165) is 11.1 Å². The third-order valence-corrected chi connectivity index (χ3v) is 7.62. The van der Waals surface area contributed by atoms with Crippen LogP contribution in [0, 0.1) is 30.1 Å². The van der Waals surface area contributed by atoms with Gasteiger partial charge in [0.15, 0.2) is 0 Å². The van der Waals surface area contributed by atoms with E-state index in [0.29, 0.717) is 30.5 Å². The number of nitrogens with one attached hydrogen (secondary N) is 3. The molecule has 2 bridgehead atoms. The van der Waals surface area contributed by atoms with Crippen LogP contribution >= 0.6 is 0 Å². The van der Waals surface area contributed by atoms with Crippen molar-refractivity contribution in [1.82, 2.24) is 20.5 Å². The Morgan fingerprint density at radius 3 is 2.80 bits per heavy atom. The van der Waals surface area contributed by atoms with Crippen molar-refractivity contribution in [2.45, 2.75) is 63.1 Å². The monoisotopic (exact) mass is 483 g/mol. The first kappa shape index (κ1) is 23.3. The summed E-state index contributed by atoms with van der Waals surface area (Å²) >= 11 is 0. The molecule has 10 heteroatoms. The summed E-state index contributed by atoms with van der Waals surface area (Å²) in [6.45, 7) is 2.36. The number of amides is 3. The van der Waals surface area contributed by atoms with E-state index in [1.807, 2.05) is 25.1 Å². The highest BCUT2D eigenvalue weighted by Gasteiger charge is 2.60. The van der Waals surface area contributed by atoms with Crippen LogP contribution in [0.3, 0.4) is 0 Å². The summed E-state index contributed by atoms with van der Waals surface area (Å²) in [5.74, 6) is -6.29. The predicted molar refractivity (Wildman–Crippen MR) is 122 cm³/mol. The van der Waals surface area contributed by atoms with Gasteiger partial charge in [0.1, 0.15) is 12.1 Å². The van der Waals surface area contributed by atoms with Crippen LogP contribution in [0.4, 0.5) is 8.78 Å². The number of nitriles is 1. The second-order valence-corrected chi connectivity index (χ2v) is 9.88. The first-order chi connectivity index (χ1) is 16.7. The van der Waals surface area contributed by atoms with Gasteiger partial charge in [-0.15, -0.1) is 0 Å². The minimum absolute atomic E-state index is 0.0975. The number of benzene rings is 1. The van der Waals surface area contributed by atoms with Crippen LogP contribution in [0.5, 0.6) is 0 Å². The van der Waals surface area contributed by atoms with E-state index in [1.165, 1.54) is 4.90 Å². The molecule has 0 radical (unpaired) electrons. The number of carbonyl (C=O) groups is 3. The standard InChI is InChI=1S/C25H27F2N5O3/c1-13-9-14-3-2-4-18(20(14)30-13)24(35)32-17-5-6-19(25(26,27)11-17)21(32)23(34)31-16(12-28)10-15-7-8-29-22(15)33/h2-4,9,15-17,19,21,30H,5-8,10-11H2,1H3,(H,29,33)(H,31,34)/t15-,16+,17+,19+,21+/m0/s1. The van der Waals surface area contributed by atoms with E-state index < -0.39 is 54.1 Å². The molecule has 0 spiro atoms. The van der Waals surface area contributed by atoms with Crippen LogP contribution < -0.4 is 10.6 Å². The Kier molecular flexibility index (Phi) is 5.74. The molecule has 1 saturated carbocycles. The highest BCUT2D eigenvalue weighted by Crippen LogP contribution is 2.49. The second-order valence-electron chi connectivity index (χ2n) is 9.88. The highest BCUT2D eigenvalue weighted by molar-refractivity contribution is 6.07. The lowest BCUT2D eigenvalue weighted by Gasteiger charge is -2.53. The number of rotatable bonds is 5. The van der Waals surface area contributed by atoms with Gasteiger partial charge in [0.25, 0.3) is 11.8 Å². The molecule has 0 unspecified atom stereocenters. The third-order valence-electron chi connectivity index (χ3n) is 7.62. The summed E-state index contributed by atoms with van der Waals surface area (Å²) < 4.78 is 29.9. The van der Waals surface area contributed by atoms with E-state index >= 15 is 0 Å². The maximum atomic E-state index is 15.0. The molecule has 3 N–H and O–H groups in total. The molecule has 4 heterocycles. The minimum Gasteiger partial charge on any atom is -0.358 e. The van der Waals surface area contributed by atoms with Crippen LogP contribution in [0.2, 0.25) is 0 Å². The largest absolute Gasteiger partial charge is 0.358 e. The SMILES string of the molecule is Cc1cc2cccc(C(=O)N3[C@@H]4CC[C@H]([C@@H]3C(=O)N[C@@H](C#N)C[C@@H]3CCNC3=O)C(F)(F)C4)c2[nH]1. The first-order valence-electron chi connectivity index (χ1n) is 12.0. The van der Waals surface area contributed by atoms with Crippen molar-refractivity contribution in [3.63, 3.8) is 0 Å². The highest BCUT2D eigenvalue weighted by atomic mass is 19.3. The number of para-hydroxylation sites is 1. The molecule has 5 atom stereocenters. The fraction of sp³-hybridized carbons (Fsp3) is 0.520. The first-order valence-corrected chi connectivity index (χ1v) is 12.0. The van der Waals surface area contributed by atoms with Gasteiger partial charge >= 0.3 is 0 Å². The van der Waals surface area contributed by atoms with Crippen molar-refractivity contribution in [2.75, 3.05) is 6.54 Å². The van der Waals surface area contributed by atoms with Crippen molar-refractivity contribution >= 4 is 28.6 Å². The van der Waals surface area contributed by atoms with Crippen molar-refractivity contribution in [3.8, 4) is 6.07 Å². The summed E-state index contributed by atoms with van der Waals surface area (Å²) in [5.41, 5.74) is 1.78. The Hall–Kier alpha value is -3.48. The smallest absolute Gasteiger partial charge is 0.256 e. The Morgan fingerprint density at radius 1 is 1.31 bits per heavy atom. The number of aromatic nitrogens is 1. The quantitative estimate of drug-likeness (QED) is 0.606. The summed E-state index contributed by atoms with van der Waals surface area (Å²) in [6, 6.07) is 5.88. The lowest BCUT2D eigenvalue weighted by atomic mass is 9.71. The molecule has 184 valence electrons. The molecule has 1 aromatic carbocycles. The number of aromatic amines is 1. The van der Waals surface area contributed by atoms with Gasteiger partial charge in [0, 0.05) is 36.0 Å². The van der Waals surface area contributed by atoms with Gasteiger partial charge in [0.2, 0.25) is 11.8 Å². The van der Waals surface area contributed by atoms with Gasteiger partial charge < -0.3 is 20.5 Å². The summed E-state index contributed by atoms with van der Waals surface area (Å²) in [7, 11) is 0. The number of carbonyl (C=O) groups excluding carboxylic acids is 3. The fourth-order valence-electron chi connectivity index (χ4n) is 5.97. The van der Waals surface area contributed by atoms with Crippen molar-refractivity contribution < 1.29 is 23.2 Å². The van der Waals surface area contributed by atoms with Crippen molar-refractivity contribution in [1.29, 1.82) is 5.26 Å². The zero-order valence-electron chi connectivity index (χ0n) is 19.3. The van der Waals surface area contributed by atoms with Crippen LogP contribution in [0.25, 0.3) is 10.9 Å². The average molecular weight is 484 g/mol. The second kappa shape index (κ2) is 8.63. The van der Waals surface area contributed by atoms with Gasteiger partial charge in [-0.2, -0.15) is 5.26 Å². The van der Waals surface area contributed by atoms with E-state index in [2.05, 4.69) is 15.6 Å². The lowest BCUT2D eigenvalue weighted by molar-refractivity contribution is -0.179. The molecule has 2 aromatic rings. The van der Waals surface area contributed by atoms with Crippen LogP contribution in [0.1, 0.15) is 48.2 Å². The van der Waals surface area contributed by atoms with E-state index in [4.69, 9.17) is 0 Å². The topological polar surface area (TPSA) is 118 Å². The maximum Gasteiger partial charge on any atom is 0.256 e. The van der Waals surface area contributed by atoms with Crippen LogP contribution in [0.15, 0.2) is 24.3 Å². The number of hydrogen-bond acceptors (Lipinski definition) is 4. The average Bonchev–Trinajstić information content (AvgIpc) is 3.40.